The predicted molar refractivity (Wildman–Crippen MR) is 47.6 cm³/mol. The van der Waals surface area contributed by atoms with Crippen LogP contribution in [0.15, 0.2) is 0 Å². The normalized spacial score (nSPS) is 13.9. The zero-order valence-corrected chi connectivity index (χ0v) is 8.44. The van der Waals surface area contributed by atoms with Crippen LogP contribution in [0.2, 0.25) is 0 Å². The first-order valence-electron chi connectivity index (χ1n) is 3.76. The minimum atomic E-state index is -2.94. The minimum absolute atomic E-state index is 0.0710. The fourth-order valence-electron chi connectivity index (χ4n) is 0.768. The van der Waals surface area contributed by atoms with Crippen molar-refractivity contribution >= 4 is 15.7 Å². The molecule has 0 aromatic heterocycles. The Balaban J connectivity index is 3.88. The lowest BCUT2D eigenvalue weighted by atomic mass is 10.1. The van der Waals surface area contributed by atoms with Crippen molar-refractivity contribution in [3.63, 3.8) is 0 Å². The Morgan fingerprint density at radius 2 is 2.00 bits per heavy atom. The first-order valence-corrected chi connectivity index (χ1v) is 5.82. The summed E-state index contributed by atoms with van der Waals surface area (Å²) in [4.78, 5) is 10.9. The Bertz CT molecular complexity index is 245. The first kappa shape index (κ1) is 11.4. The lowest BCUT2D eigenvalue weighted by Crippen LogP contribution is -2.26. The van der Waals surface area contributed by atoms with Crippen LogP contribution in [-0.2, 0) is 14.6 Å². The Morgan fingerprint density at radius 1 is 1.50 bits per heavy atom. The summed E-state index contributed by atoms with van der Waals surface area (Å²) in [6.07, 6.45) is 1.56. The molecule has 0 aliphatic carbocycles. The van der Waals surface area contributed by atoms with E-state index in [1.807, 2.05) is 0 Å². The minimum Gasteiger partial charge on any atom is -0.359 e. The molecule has 0 saturated heterocycles. The van der Waals surface area contributed by atoms with Gasteiger partial charge in [0, 0.05) is 19.2 Å². The fraction of sp³-hybridized carbons (Fsp3) is 0.857. The number of carbonyl (C=O) groups excluding carboxylic acids is 1. The Kier molecular flexibility index (Phi) is 4.23. The summed E-state index contributed by atoms with van der Waals surface area (Å²) in [5.74, 6) is -0.273. The summed E-state index contributed by atoms with van der Waals surface area (Å²) in [5, 5.41) is 2.47. The van der Waals surface area contributed by atoms with Gasteiger partial charge in [-0.25, -0.2) is 8.42 Å². The van der Waals surface area contributed by atoms with Crippen molar-refractivity contribution < 1.29 is 13.2 Å². The molecule has 0 saturated carbocycles. The van der Waals surface area contributed by atoms with Gasteiger partial charge in [0.25, 0.3) is 0 Å². The van der Waals surface area contributed by atoms with Crippen molar-refractivity contribution in [3.8, 4) is 0 Å². The van der Waals surface area contributed by atoms with Gasteiger partial charge in [-0.2, -0.15) is 0 Å². The molecule has 0 aliphatic rings. The number of nitrogens with one attached hydrogen (secondary N) is 1. The van der Waals surface area contributed by atoms with Crippen LogP contribution in [0.5, 0.6) is 0 Å². The van der Waals surface area contributed by atoms with Crippen LogP contribution in [0, 0.1) is 5.92 Å². The Hall–Kier alpha value is -0.580. The number of carbonyl (C=O) groups is 1. The van der Waals surface area contributed by atoms with Crippen molar-refractivity contribution in [2.75, 3.05) is 19.1 Å². The highest BCUT2D eigenvalue weighted by Crippen LogP contribution is 2.03. The summed E-state index contributed by atoms with van der Waals surface area (Å²) in [7, 11) is -1.40. The van der Waals surface area contributed by atoms with E-state index in [0.29, 0.717) is 6.42 Å². The maximum absolute atomic E-state index is 10.9. The summed E-state index contributed by atoms with van der Waals surface area (Å²) in [6.45, 7) is 1.71. The fourth-order valence-corrected chi connectivity index (χ4v) is 1.55. The number of rotatable bonds is 4. The maximum atomic E-state index is 10.9. The molecule has 0 radical (unpaired) electrons. The third-order valence-electron chi connectivity index (χ3n) is 1.62. The molecule has 1 atom stereocenters. The molecular formula is C7H15NO3S. The number of hydrogen-bond donors (Lipinski definition) is 1. The zero-order chi connectivity index (χ0) is 9.78. The highest BCUT2D eigenvalue weighted by molar-refractivity contribution is 7.90. The molecule has 0 heterocycles. The van der Waals surface area contributed by atoms with Crippen molar-refractivity contribution in [2.45, 2.75) is 13.3 Å². The van der Waals surface area contributed by atoms with E-state index in [2.05, 4.69) is 5.32 Å². The molecule has 0 bridgehead atoms. The van der Waals surface area contributed by atoms with Crippen LogP contribution >= 0.6 is 0 Å². The molecule has 1 N–H and O–H groups in total. The van der Waals surface area contributed by atoms with E-state index in [9.17, 15) is 13.2 Å². The van der Waals surface area contributed by atoms with Gasteiger partial charge in [0.1, 0.15) is 9.84 Å². The largest absolute Gasteiger partial charge is 0.359 e. The summed E-state index contributed by atoms with van der Waals surface area (Å²) in [5.41, 5.74) is 0. The molecule has 0 aliphatic heterocycles. The van der Waals surface area contributed by atoms with E-state index in [1.54, 1.807) is 14.0 Å². The molecule has 0 aromatic carbocycles. The smallest absolute Gasteiger partial charge is 0.222 e. The van der Waals surface area contributed by atoms with Gasteiger partial charge in [0.2, 0.25) is 5.91 Å². The van der Waals surface area contributed by atoms with Crippen molar-refractivity contribution in [2.24, 2.45) is 5.92 Å². The Morgan fingerprint density at radius 3 is 2.33 bits per heavy atom. The van der Waals surface area contributed by atoms with Crippen molar-refractivity contribution in [1.29, 1.82) is 0 Å². The molecule has 1 unspecified atom stereocenters. The van der Waals surface area contributed by atoms with E-state index in [1.165, 1.54) is 6.26 Å². The van der Waals surface area contributed by atoms with Gasteiger partial charge in [-0.3, -0.25) is 4.79 Å². The van der Waals surface area contributed by atoms with Gasteiger partial charge in [-0.1, -0.05) is 6.92 Å². The molecule has 4 nitrogen and oxygen atoms in total. The lowest BCUT2D eigenvalue weighted by Gasteiger charge is -2.07. The van der Waals surface area contributed by atoms with E-state index in [-0.39, 0.29) is 17.6 Å². The van der Waals surface area contributed by atoms with Gasteiger partial charge in [-0.05, 0) is 6.42 Å². The van der Waals surface area contributed by atoms with Crippen LogP contribution in [0.3, 0.4) is 0 Å². The molecule has 1 amide bonds. The molecule has 0 fully saturated rings. The predicted octanol–water partition coefficient (Wildman–Crippen LogP) is -0.197. The number of sulfone groups is 1. The van der Waals surface area contributed by atoms with E-state index >= 15 is 0 Å². The molecule has 0 rings (SSSR count). The highest BCUT2D eigenvalue weighted by atomic mass is 32.2. The maximum Gasteiger partial charge on any atom is 0.222 e. The second-order valence-corrected chi connectivity index (χ2v) is 5.19. The molecular weight excluding hydrogens is 178 g/mol. The molecule has 0 spiro atoms. The molecule has 0 aromatic rings. The zero-order valence-electron chi connectivity index (χ0n) is 7.62. The summed E-state index contributed by atoms with van der Waals surface area (Å²) < 4.78 is 21.4. The first-order chi connectivity index (χ1) is 5.37. The average molecular weight is 193 g/mol. The van der Waals surface area contributed by atoms with Crippen LogP contribution < -0.4 is 5.32 Å². The van der Waals surface area contributed by atoms with E-state index in [0.717, 1.165) is 0 Å². The van der Waals surface area contributed by atoms with Crippen LogP contribution in [-0.4, -0.2) is 33.4 Å². The third-order valence-corrected chi connectivity index (χ3v) is 2.59. The van der Waals surface area contributed by atoms with Crippen LogP contribution in [0.4, 0.5) is 0 Å². The van der Waals surface area contributed by atoms with E-state index in [4.69, 9.17) is 0 Å². The lowest BCUT2D eigenvalue weighted by molar-refractivity contribution is -0.124. The average Bonchev–Trinajstić information content (AvgIpc) is 1.97. The monoisotopic (exact) mass is 193 g/mol. The SMILES string of the molecule is CNC(=O)C(C)CCS(C)(=O)=O. The van der Waals surface area contributed by atoms with Gasteiger partial charge in [0.15, 0.2) is 0 Å². The quantitative estimate of drug-likeness (QED) is 0.672. The highest BCUT2D eigenvalue weighted by Gasteiger charge is 2.13. The van der Waals surface area contributed by atoms with Gasteiger partial charge >= 0.3 is 0 Å². The van der Waals surface area contributed by atoms with Crippen LogP contribution in [0.1, 0.15) is 13.3 Å². The third kappa shape index (κ3) is 5.12. The van der Waals surface area contributed by atoms with Crippen molar-refractivity contribution in [1.82, 2.24) is 5.32 Å². The molecule has 5 heteroatoms. The molecule has 12 heavy (non-hydrogen) atoms. The Labute approximate surface area is 73.3 Å². The van der Waals surface area contributed by atoms with Gasteiger partial charge < -0.3 is 5.32 Å². The molecule has 72 valence electrons. The summed E-state index contributed by atoms with van der Waals surface area (Å²) >= 11 is 0. The van der Waals surface area contributed by atoms with Crippen molar-refractivity contribution in [3.05, 3.63) is 0 Å². The van der Waals surface area contributed by atoms with E-state index < -0.39 is 9.84 Å². The number of hydrogen-bond acceptors (Lipinski definition) is 3. The second-order valence-electron chi connectivity index (χ2n) is 2.93. The van der Waals surface area contributed by atoms with Gasteiger partial charge in [-0.15, -0.1) is 0 Å². The standard InChI is InChI=1S/C7H15NO3S/c1-6(7(9)8-2)4-5-12(3,10)11/h6H,4-5H2,1-3H3,(H,8,9). The van der Waals surface area contributed by atoms with Gasteiger partial charge in [0.05, 0.1) is 5.75 Å². The second kappa shape index (κ2) is 4.45. The topological polar surface area (TPSA) is 63.2 Å². The van der Waals surface area contributed by atoms with Crippen LogP contribution in [0.25, 0.3) is 0 Å². The number of amides is 1. The summed E-state index contributed by atoms with van der Waals surface area (Å²) in [6, 6.07) is 0.